The van der Waals surface area contributed by atoms with Crippen molar-refractivity contribution in [1.82, 2.24) is 19.7 Å². The SMILES string of the molecule is Cc1ccccc1NC(=O)Nc1ccc(Oc2cc(-n3nc(C)c(C)c3C)ncn2)cc1. The molecule has 2 aromatic heterocycles. The number of nitrogens with zero attached hydrogens (tertiary/aromatic N) is 4. The van der Waals surface area contributed by atoms with Gasteiger partial charge in [0.15, 0.2) is 5.82 Å². The summed E-state index contributed by atoms with van der Waals surface area (Å²) in [7, 11) is 0. The highest BCUT2D eigenvalue weighted by atomic mass is 16.5. The average Bonchev–Trinajstić information content (AvgIpc) is 3.04. The van der Waals surface area contributed by atoms with Crippen LogP contribution in [0.5, 0.6) is 11.6 Å². The van der Waals surface area contributed by atoms with Crippen molar-refractivity contribution >= 4 is 17.4 Å². The lowest BCUT2D eigenvalue weighted by molar-refractivity contribution is 0.262. The monoisotopic (exact) mass is 428 g/mol. The Bertz CT molecular complexity index is 1260. The Morgan fingerprint density at radius 1 is 0.938 bits per heavy atom. The van der Waals surface area contributed by atoms with Gasteiger partial charge in [-0.05, 0) is 69.2 Å². The van der Waals surface area contributed by atoms with Crippen molar-refractivity contribution in [3.05, 3.63) is 83.4 Å². The number of urea groups is 1. The summed E-state index contributed by atoms with van der Waals surface area (Å²) in [5.41, 5.74) is 5.50. The first-order valence-corrected chi connectivity index (χ1v) is 10.2. The van der Waals surface area contributed by atoms with Crippen molar-refractivity contribution in [2.24, 2.45) is 0 Å². The van der Waals surface area contributed by atoms with Gasteiger partial charge in [0.2, 0.25) is 5.88 Å². The summed E-state index contributed by atoms with van der Waals surface area (Å²) in [6.07, 6.45) is 1.45. The van der Waals surface area contributed by atoms with Gasteiger partial charge in [0.25, 0.3) is 0 Å². The van der Waals surface area contributed by atoms with Crippen molar-refractivity contribution in [3.63, 3.8) is 0 Å². The van der Waals surface area contributed by atoms with Crippen LogP contribution >= 0.6 is 0 Å². The zero-order chi connectivity index (χ0) is 22.7. The lowest BCUT2D eigenvalue weighted by Gasteiger charge is -2.11. The van der Waals surface area contributed by atoms with E-state index in [0.717, 1.165) is 28.2 Å². The zero-order valence-corrected chi connectivity index (χ0v) is 18.4. The highest BCUT2D eigenvalue weighted by Gasteiger charge is 2.12. The van der Waals surface area contributed by atoms with E-state index in [1.165, 1.54) is 6.33 Å². The molecule has 0 radical (unpaired) electrons. The van der Waals surface area contributed by atoms with Gasteiger partial charge in [-0.25, -0.2) is 19.4 Å². The third-order valence-electron chi connectivity index (χ3n) is 5.23. The molecule has 2 amide bonds. The second-order valence-electron chi connectivity index (χ2n) is 7.44. The molecule has 0 atom stereocenters. The number of para-hydroxylation sites is 1. The molecule has 4 aromatic rings. The molecule has 2 heterocycles. The van der Waals surface area contributed by atoms with Crippen LogP contribution in [0.1, 0.15) is 22.5 Å². The van der Waals surface area contributed by atoms with Crippen molar-refractivity contribution in [3.8, 4) is 17.4 Å². The Balaban J connectivity index is 1.42. The van der Waals surface area contributed by atoms with Crippen LogP contribution in [0.3, 0.4) is 0 Å². The minimum atomic E-state index is -0.311. The van der Waals surface area contributed by atoms with Gasteiger partial charge < -0.3 is 15.4 Å². The Hall–Kier alpha value is -4.20. The number of carbonyl (C=O) groups excluding carboxylic acids is 1. The van der Waals surface area contributed by atoms with Gasteiger partial charge in [-0.1, -0.05) is 18.2 Å². The molecule has 0 aliphatic carbocycles. The molecule has 0 spiro atoms. The molecule has 32 heavy (non-hydrogen) atoms. The molecule has 0 bridgehead atoms. The Morgan fingerprint density at radius 2 is 1.69 bits per heavy atom. The summed E-state index contributed by atoms with van der Waals surface area (Å²) < 4.78 is 7.65. The highest BCUT2D eigenvalue weighted by Crippen LogP contribution is 2.24. The fourth-order valence-electron chi connectivity index (χ4n) is 3.17. The molecule has 162 valence electrons. The molecular weight excluding hydrogens is 404 g/mol. The van der Waals surface area contributed by atoms with Crippen LogP contribution in [0.25, 0.3) is 5.82 Å². The first-order valence-electron chi connectivity index (χ1n) is 10.2. The predicted molar refractivity (Wildman–Crippen MR) is 124 cm³/mol. The molecule has 2 aromatic carbocycles. The molecule has 4 rings (SSSR count). The molecular formula is C24H24N6O2. The number of rotatable bonds is 5. The number of aromatic nitrogens is 4. The second-order valence-corrected chi connectivity index (χ2v) is 7.44. The molecule has 0 fully saturated rings. The van der Waals surface area contributed by atoms with Crippen molar-refractivity contribution in [2.75, 3.05) is 10.6 Å². The molecule has 8 nitrogen and oxygen atoms in total. The molecule has 0 unspecified atom stereocenters. The quantitative estimate of drug-likeness (QED) is 0.448. The Labute approximate surface area is 186 Å². The molecule has 0 aliphatic rings. The van der Waals surface area contributed by atoms with E-state index < -0.39 is 0 Å². The summed E-state index contributed by atoms with van der Waals surface area (Å²) in [5, 5.41) is 10.2. The number of aryl methyl sites for hydroxylation is 2. The summed E-state index contributed by atoms with van der Waals surface area (Å²) in [4.78, 5) is 20.8. The first kappa shape index (κ1) is 21.0. The maximum atomic E-state index is 12.3. The summed E-state index contributed by atoms with van der Waals surface area (Å²) in [6.45, 7) is 7.94. The van der Waals surface area contributed by atoms with E-state index in [9.17, 15) is 4.79 Å². The number of carbonyl (C=O) groups is 1. The van der Waals surface area contributed by atoms with Crippen LogP contribution in [-0.2, 0) is 0 Å². The third-order valence-corrected chi connectivity index (χ3v) is 5.23. The maximum absolute atomic E-state index is 12.3. The van der Waals surface area contributed by atoms with Crippen LogP contribution in [0.15, 0.2) is 60.9 Å². The van der Waals surface area contributed by atoms with Gasteiger partial charge in [-0.15, -0.1) is 0 Å². The van der Waals surface area contributed by atoms with Crippen LogP contribution in [0, 0.1) is 27.7 Å². The minimum Gasteiger partial charge on any atom is -0.439 e. The first-order chi connectivity index (χ1) is 15.4. The van der Waals surface area contributed by atoms with Gasteiger partial charge in [0.1, 0.15) is 12.1 Å². The minimum absolute atomic E-state index is 0.311. The van der Waals surface area contributed by atoms with Crippen LogP contribution in [0.2, 0.25) is 0 Å². The molecule has 0 saturated heterocycles. The molecule has 0 saturated carbocycles. The average molecular weight is 428 g/mol. The Kier molecular flexibility index (Phi) is 5.85. The highest BCUT2D eigenvalue weighted by molar-refractivity contribution is 6.00. The lowest BCUT2D eigenvalue weighted by Crippen LogP contribution is -2.19. The predicted octanol–water partition coefficient (Wildman–Crippen LogP) is 5.33. The van der Waals surface area contributed by atoms with E-state index in [2.05, 4.69) is 25.7 Å². The molecule has 2 N–H and O–H groups in total. The standard InChI is InChI=1S/C24H24N6O2/c1-15-7-5-6-8-21(15)28-24(31)27-19-9-11-20(12-10-19)32-23-13-22(25-14-26-23)30-18(4)16(2)17(3)29-30/h5-14H,1-4H3,(H2,27,28,31). The molecule has 8 heteroatoms. The number of hydrogen-bond donors (Lipinski definition) is 2. The summed E-state index contributed by atoms with van der Waals surface area (Å²) >= 11 is 0. The van der Waals surface area contributed by atoms with Gasteiger partial charge >= 0.3 is 6.03 Å². The lowest BCUT2D eigenvalue weighted by atomic mass is 10.2. The zero-order valence-electron chi connectivity index (χ0n) is 18.4. The maximum Gasteiger partial charge on any atom is 0.323 e. The van der Waals surface area contributed by atoms with Crippen LogP contribution < -0.4 is 15.4 Å². The Morgan fingerprint density at radius 3 is 2.38 bits per heavy atom. The summed E-state index contributed by atoms with van der Waals surface area (Å²) in [5.74, 6) is 1.62. The van der Waals surface area contributed by atoms with Crippen molar-refractivity contribution in [1.29, 1.82) is 0 Å². The van der Waals surface area contributed by atoms with Gasteiger partial charge in [-0.2, -0.15) is 5.10 Å². The van der Waals surface area contributed by atoms with E-state index >= 15 is 0 Å². The van der Waals surface area contributed by atoms with E-state index in [0.29, 0.717) is 23.1 Å². The van der Waals surface area contributed by atoms with E-state index in [1.807, 2.05) is 52.0 Å². The number of benzene rings is 2. The van der Waals surface area contributed by atoms with Crippen LogP contribution in [-0.4, -0.2) is 25.8 Å². The number of anilines is 2. The van der Waals surface area contributed by atoms with E-state index in [-0.39, 0.29) is 6.03 Å². The van der Waals surface area contributed by atoms with Crippen LogP contribution in [0.4, 0.5) is 16.2 Å². The molecule has 0 aliphatic heterocycles. The topological polar surface area (TPSA) is 94.0 Å². The fourth-order valence-corrected chi connectivity index (χ4v) is 3.17. The van der Waals surface area contributed by atoms with E-state index in [1.54, 1.807) is 35.0 Å². The largest absolute Gasteiger partial charge is 0.439 e. The van der Waals surface area contributed by atoms with Crippen molar-refractivity contribution < 1.29 is 9.53 Å². The number of amides is 2. The van der Waals surface area contributed by atoms with Gasteiger partial charge in [-0.3, -0.25) is 0 Å². The van der Waals surface area contributed by atoms with Gasteiger partial charge in [0, 0.05) is 23.1 Å². The second kappa shape index (κ2) is 8.89. The smallest absolute Gasteiger partial charge is 0.323 e. The number of hydrogen-bond acceptors (Lipinski definition) is 5. The number of nitrogens with one attached hydrogen (secondary N) is 2. The van der Waals surface area contributed by atoms with Gasteiger partial charge in [0.05, 0.1) is 5.69 Å². The fraction of sp³-hybridized carbons (Fsp3) is 0.167. The van der Waals surface area contributed by atoms with Crippen molar-refractivity contribution in [2.45, 2.75) is 27.7 Å². The summed E-state index contributed by atoms with van der Waals surface area (Å²) in [6, 6.07) is 16.1. The normalized spacial score (nSPS) is 10.6. The third kappa shape index (κ3) is 4.59. The van der Waals surface area contributed by atoms with E-state index in [4.69, 9.17) is 4.74 Å². The number of ether oxygens (including phenoxy) is 1.